The normalized spacial score (nSPS) is 18.7. The zero-order valence-corrected chi connectivity index (χ0v) is 18.2. The Morgan fingerprint density at radius 3 is 2.67 bits per heavy atom. The van der Waals surface area contributed by atoms with Crippen LogP contribution in [0.2, 0.25) is 0 Å². The summed E-state index contributed by atoms with van der Waals surface area (Å²) >= 11 is 0. The number of aliphatic hydroxyl groups is 1. The first-order valence-electron chi connectivity index (χ1n) is 10.9. The molecule has 30 heavy (non-hydrogen) atoms. The molecule has 1 amide bonds. The van der Waals surface area contributed by atoms with Crippen molar-refractivity contribution < 1.29 is 9.90 Å². The summed E-state index contributed by atoms with van der Waals surface area (Å²) in [6.07, 6.45) is 6.68. The SMILES string of the molecule is CCCCNc1ncc(C(=O)Nc2ccc(C)cc2C)c(NC2CCC(O)CC2)n1. The van der Waals surface area contributed by atoms with Crippen LogP contribution in [0.25, 0.3) is 0 Å². The number of unbranched alkanes of at least 4 members (excludes halogenated alkanes) is 1. The molecule has 0 unspecified atom stereocenters. The number of benzene rings is 1. The number of aliphatic hydroxyl groups excluding tert-OH is 1. The van der Waals surface area contributed by atoms with E-state index in [2.05, 4.69) is 32.8 Å². The maximum Gasteiger partial charge on any atom is 0.261 e. The summed E-state index contributed by atoms with van der Waals surface area (Å²) in [7, 11) is 0. The second-order valence-corrected chi connectivity index (χ2v) is 8.16. The molecule has 0 atom stereocenters. The molecule has 4 N–H and O–H groups in total. The molecule has 0 radical (unpaired) electrons. The number of carbonyl (C=O) groups excluding carboxylic acids is 1. The van der Waals surface area contributed by atoms with Gasteiger partial charge >= 0.3 is 0 Å². The van der Waals surface area contributed by atoms with Crippen molar-refractivity contribution in [1.29, 1.82) is 0 Å². The molecule has 0 saturated heterocycles. The van der Waals surface area contributed by atoms with Crippen LogP contribution in [0.3, 0.4) is 0 Å². The molecule has 1 fully saturated rings. The average Bonchev–Trinajstić information content (AvgIpc) is 2.72. The quantitative estimate of drug-likeness (QED) is 0.484. The molecule has 3 rings (SSSR count). The van der Waals surface area contributed by atoms with E-state index in [4.69, 9.17) is 0 Å². The number of anilines is 3. The summed E-state index contributed by atoms with van der Waals surface area (Å²) in [6, 6.07) is 6.12. The first-order chi connectivity index (χ1) is 14.5. The van der Waals surface area contributed by atoms with Crippen molar-refractivity contribution >= 4 is 23.4 Å². The van der Waals surface area contributed by atoms with E-state index in [9.17, 15) is 9.90 Å². The van der Waals surface area contributed by atoms with Gasteiger partial charge in [0.05, 0.1) is 6.10 Å². The largest absolute Gasteiger partial charge is 0.393 e. The highest BCUT2D eigenvalue weighted by atomic mass is 16.3. The van der Waals surface area contributed by atoms with Gasteiger partial charge in [-0.15, -0.1) is 0 Å². The van der Waals surface area contributed by atoms with Crippen LogP contribution in [0, 0.1) is 13.8 Å². The third kappa shape index (κ3) is 5.92. The number of aryl methyl sites for hydroxylation is 2. The Labute approximate surface area is 178 Å². The molecule has 162 valence electrons. The Hall–Kier alpha value is -2.67. The Bertz CT molecular complexity index is 863. The minimum atomic E-state index is -0.236. The lowest BCUT2D eigenvalue weighted by Crippen LogP contribution is -2.30. The topological polar surface area (TPSA) is 99.2 Å². The molecule has 0 bridgehead atoms. The van der Waals surface area contributed by atoms with Crippen LogP contribution in [0.1, 0.15) is 66.9 Å². The van der Waals surface area contributed by atoms with Gasteiger partial charge in [0.2, 0.25) is 5.95 Å². The molecule has 1 aromatic carbocycles. The van der Waals surface area contributed by atoms with E-state index < -0.39 is 0 Å². The smallest absolute Gasteiger partial charge is 0.261 e. The van der Waals surface area contributed by atoms with Crippen LogP contribution in [0.4, 0.5) is 17.5 Å². The highest BCUT2D eigenvalue weighted by molar-refractivity contribution is 6.07. The number of hydrogen-bond donors (Lipinski definition) is 4. The zero-order chi connectivity index (χ0) is 21.5. The van der Waals surface area contributed by atoms with Gasteiger partial charge in [-0.05, 0) is 57.6 Å². The Balaban J connectivity index is 1.80. The van der Waals surface area contributed by atoms with E-state index >= 15 is 0 Å². The summed E-state index contributed by atoms with van der Waals surface area (Å²) in [5.74, 6) is 0.818. The number of rotatable bonds is 8. The van der Waals surface area contributed by atoms with Crippen molar-refractivity contribution in [2.45, 2.75) is 71.4 Å². The van der Waals surface area contributed by atoms with Gasteiger partial charge in [0.1, 0.15) is 11.4 Å². The fourth-order valence-electron chi connectivity index (χ4n) is 3.68. The van der Waals surface area contributed by atoms with Gasteiger partial charge in [-0.3, -0.25) is 4.79 Å². The number of hydrogen-bond acceptors (Lipinski definition) is 6. The van der Waals surface area contributed by atoms with Crippen molar-refractivity contribution in [3.05, 3.63) is 41.1 Å². The van der Waals surface area contributed by atoms with Gasteiger partial charge in [-0.2, -0.15) is 4.98 Å². The number of aromatic nitrogens is 2. The first kappa shape index (κ1) is 22.0. The number of amides is 1. The van der Waals surface area contributed by atoms with Crippen molar-refractivity contribution in [3.63, 3.8) is 0 Å². The van der Waals surface area contributed by atoms with Crippen LogP contribution in [0.5, 0.6) is 0 Å². The van der Waals surface area contributed by atoms with Crippen LogP contribution in [-0.2, 0) is 0 Å². The fraction of sp³-hybridized carbons (Fsp3) is 0.522. The Morgan fingerprint density at radius 1 is 1.20 bits per heavy atom. The van der Waals surface area contributed by atoms with Gasteiger partial charge in [0, 0.05) is 24.5 Å². The molecule has 1 heterocycles. The lowest BCUT2D eigenvalue weighted by Gasteiger charge is -2.27. The third-order valence-corrected chi connectivity index (χ3v) is 5.51. The van der Waals surface area contributed by atoms with E-state index in [1.807, 2.05) is 32.0 Å². The maximum absolute atomic E-state index is 13.0. The van der Waals surface area contributed by atoms with Crippen LogP contribution >= 0.6 is 0 Å². The highest BCUT2D eigenvalue weighted by Gasteiger charge is 2.23. The molecule has 7 nitrogen and oxygen atoms in total. The maximum atomic E-state index is 13.0. The van der Waals surface area contributed by atoms with E-state index in [-0.39, 0.29) is 18.1 Å². The van der Waals surface area contributed by atoms with Crippen LogP contribution in [-0.4, -0.2) is 39.7 Å². The molecular weight excluding hydrogens is 378 g/mol. The summed E-state index contributed by atoms with van der Waals surface area (Å²) in [5, 5.41) is 19.4. The predicted octanol–water partition coefficient (Wildman–Crippen LogP) is 4.27. The molecule has 2 aromatic rings. The van der Waals surface area contributed by atoms with Gasteiger partial charge in [0.25, 0.3) is 5.91 Å². The molecule has 1 aliphatic carbocycles. The monoisotopic (exact) mass is 411 g/mol. The molecular formula is C23H33N5O2. The Morgan fingerprint density at radius 2 is 1.97 bits per heavy atom. The molecule has 7 heteroatoms. The van der Waals surface area contributed by atoms with Gasteiger partial charge < -0.3 is 21.1 Å². The van der Waals surface area contributed by atoms with E-state index in [0.29, 0.717) is 17.3 Å². The first-order valence-corrected chi connectivity index (χ1v) is 10.9. The second-order valence-electron chi connectivity index (χ2n) is 8.16. The standard InChI is InChI=1S/C23H33N5O2/c1-4-5-12-24-23-25-14-19(21(28-23)26-17-7-9-18(29)10-8-17)22(30)27-20-11-6-15(2)13-16(20)3/h6,11,13-14,17-18,29H,4-5,7-10,12H2,1-3H3,(H,27,30)(H2,24,25,26,28). The minimum absolute atomic E-state index is 0.180. The van der Waals surface area contributed by atoms with Crippen molar-refractivity contribution in [3.8, 4) is 0 Å². The average molecular weight is 412 g/mol. The summed E-state index contributed by atoms with van der Waals surface area (Å²) in [5.41, 5.74) is 3.36. The fourth-order valence-corrected chi connectivity index (χ4v) is 3.68. The molecule has 1 aromatic heterocycles. The van der Waals surface area contributed by atoms with E-state index in [1.165, 1.54) is 0 Å². The van der Waals surface area contributed by atoms with Gasteiger partial charge in [-0.25, -0.2) is 4.98 Å². The van der Waals surface area contributed by atoms with Crippen molar-refractivity contribution in [1.82, 2.24) is 9.97 Å². The lowest BCUT2D eigenvalue weighted by molar-refractivity contribution is 0.102. The zero-order valence-electron chi connectivity index (χ0n) is 18.2. The lowest BCUT2D eigenvalue weighted by atomic mass is 9.93. The van der Waals surface area contributed by atoms with Crippen LogP contribution < -0.4 is 16.0 Å². The number of nitrogens with one attached hydrogen (secondary N) is 3. The molecule has 1 saturated carbocycles. The van der Waals surface area contributed by atoms with Gasteiger partial charge in [-0.1, -0.05) is 31.0 Å². The molecule has 1 aliphatic rings. The van der Waals surface area contributed by atoms with Crippen LogP contribution in [0.15, 0.2) is 24.4 Å². The van der Waals surface area contributed by atoms with Gasteiger partial charge in [0.15, 0.2) is 0 Å². The molecule has 0 spiro atoms. The summed E-state index contributed by atoms with van der Waals surface area (Å²) in [6.45, 7) is 6.93. The number of nitrogens with zero attached hydrogens (tertiary/aromatic N) is 2. The predicted molar refractivity (Wildman–Crippen MR) is 121 cm³/mol. The Kier molecular flexibility index (Phi) is 7.63. The van der Waals surface area contributed by atoms with E-state index in [1.54, 1.807) is 6.20 Å². The van der Waals surface area contributed by atoms with E-state index in [0.717, 1.165) is 61.9 Å². The number of carbonyl (C=O) groups is 1. The van der Waals surface area contributed by atoms with Crippen molar-refractivity contribution in [2.24, 2.45) is 0 Å². The second kappa shape index (κ2) is 10.4. The van der Waals surface area contributed by atoms with Crippen molar-refractivity contribution in [2.75, 3.05) is 22.5 Å². The third-order valence-electron chi connectivity index (χ3n) is 5.51. The summed E-state index contributed by atoms with van der Waals surface area (Å²) in [4.78, 5) is 22.0. The minimum Gasteiger partial charge on any atom is -0.393 e. The highest BCUT2D eigenvalue weighted by Crippen LogP contribution is 2.25. The summed E-state index contributed by atoms with van der Waals surface area (Å²) < 4.78 is 0. The molecule has 0 aliphatic heterocycles.